The molecular weight excluding hydrogens is 250 g/mol. The molecule has 0 aliphatic carbocycles. The van der Waals surface area contributed by atoms with Crippen LogP contribution in [-0.4, -0.2) is 23.3 Å². The van der Waals surface area contributed by atoms with Crippen LogP contribution in [0.15, 0.2) is 36.4 Å². The highest BCUT2D eigenvalue weighted by atomic mass is 16.2. The van der Waals surface area contributed by atoms with Crippen molar-refractivity contribution in [2.24, 2.45) is 0 Å². The molecule has 1 heterocycles. The molecule has 0 spiro atoms. The summed E-state index contributed by atoms with van der Waals surface area (Å²) >= 11 is 0. The smallest absolute Gasteiger partial charge is 0.261 e. The number of allylic oxidation sites excluding steroid dienone is 1. The zero-order valence-electron chi connectivity index (χ0n) is 12.0. The summed E-state index contributed by atoms with van der Waals surface area (Å²) in [6.45, 7) is 2.57. The molecule has 20 heavy (non-hydrogen) atoms. The Morgan fingerprint density at radius 1 is 0.950 bits per heavy atom. The number of fused-ring (bicyclic) bond motifs is 1. The highest BCUT2D eigenvalue weighted by Crippen LogP contribution is 2.22. The predicted octanol–water partition coefficient (Wildman–Crippen LogP) is 3.81. The predicted molar refractivity (Wildman–Crippen MR) is 79.7 cm³/mol. The van der Waals surface area contributed by atoms with Gasteiger partial charge < -0.3 is 0 Å². The monoisotopic (exact) mass is 271 g/mol. The number of imide groups is 1. The van der Waals surface area contributed by atoms with Gasteiger partial charge >= 0.3 is 0 Å². The van der Waals surface area contributed by atoms with E-state index in [1.165, 1.54) is 30.6 Å². The van der Waals surface area contributed by atoms with Crippen LogP contribution in [0.3, 0.4) is 0 Å². The first-order valence-electron chi connectivity index (χ1n) is 7.36. The number of carbonyl (C=O) groups is 2. The van der Waals surface area contributed by atoms with Crippen LogP contribution >= 0.6 is 0 Å². The van der Waals surface area contributed by atoms with Crippen molar-refractivity contribution in [3.8, 4) is 0 Å². The van der Waals surface area contributed by atoms with Gasteiger partial charge in [0.1, 0.15) is 0 Å². The van der Waals surface area contributed by atoms with Crippen LogP contribution in [0, 0.1) is 0 Å². The van der Waals surface area contributed by atoms with E-state index < -0.39 is 0 Å². The first-order valence-corrected chi connectivity index (χ1v) is 7.36. The molecule has 0 radical (unpaired) electrons. The van der Waals surface area contributed by atoms with Gasteiger partial charge in [0.15, 0.2) is 0 Å². The zero-order chi connectivity index (χ0) is 14.4. The number of unbranched alkanes of at least 4 members (excludes halogenated alkanes) is 4. The Bertz CT molecular complexity index is 484. The number of hydrogen-bond acceptors (Lipinski definition) is 2. The van der Waals surface area contributed by atoms with Crippen LogP contribution in [0.4, 0.5) is 0 Å². The van der Waals surface area contributed by atoms with Gasteiger partial charge in [-0.3, -0.25) is 14.5 Å². The summed E-state index contributed by atoms with van der Waals surface area (Å²) in [5.74, 6) is -0.359. The van der Waals surface area contributed by atoms with E-state index in [0.717, 1.165) is 6.42 Å². The Labute approximate surface area is 120 Å². The minimum absolute atomic E-state index is 0.179. The molecule has 0 N–H and O–H groups in total. The summed E-state index contributed by atoms with van der Waals surface area (Å²) in [5.41, 5.74) is 1.04. The summed E-state index contributed by atoms with van der Waals surface area (Å²) in [6.07, 6.45) is 9.93. The molecule has 0 aromatic heterocycles. The molecule has 0 bridgehead atoms. The van der Waals surface area contributed by atoms with Crippen LogP contribution in [0.5, 0.6) is 0 Å². The number of nitrogens with zero attached hydrogens (tertiary/aromatic N) is 1. The third-order valence-electron chi connectivity index (χ3n) is 3.56. The molecule has 0 atom stereocenters. The molecule has 2 amide bonds. The number of carbonyl (C=O) groups excluding carboxylic acids is 2. The third-order valence-corrected chi connectivity index (χ3v) is 3.56. The molecule has 106 valence electrons. The zero-order valence-corrected chi connectivity index (χ0v) is 12.0. The second-order valence-corrected chi connectivity index (χ2v) is 5.09. The van der Waals surface area contributed by atoms with Gasteiger partial charge in [-0.05, 0) is 25.0 Å². The van der Waals surface area contributed by atoms with E-state index in [1.54, 1.807) is 24.3 Å². The standard InChI is InChI=1S/C17H21NO2/c1-2-3-4-5-6-7-10-13-18-16(19)14-11-8-9-12-15(14)17(18)20/h7-12H,2-6,13H2,1H3/b10-7-. The summed E-state index contributed by atoms with van der Waals surface area (Å²) in [6, 6.07) is 7.00. The van der Waals surface area contributed by atoms with E-state index in [2.05, 4.69) is 13.0 Å². The van der Waals surface area contributed by atoms with Crippen molar-refractivity contribution in [3.05, 3.63) is 47.5 Å². The van der Waals surface area contributed by atoms with Gasteiger partial charge in [0.25, 0.3) is 11.8 Å². The Hall–Kier alpha value is -1.90. The van der Waals surface area contributed by atoms with Gasteiger partial charge in [-0.2, -0.15) is 0 Å². The molecule has 0 unspecified atom stereocenters. The SMILES string of the molecule is CCCCCC/C=C\CN1C(=O)c2ccccc2C1=O. The number of benzene rings is 1. The summed E-state index contributed by atoms with van der Waals surface area (Å²) in [5, 5.41) is 0. The van der Waals surface area contributed by atoms with Gasteiger partial charge in [-0.1, -0.05) is 50.5 Å². The van der Waals surface area contributed by atoms with Crippen LogP contribution in [0.25, 0.3) is 0 Å². The van der Waals surface area contributed by atoms with Crippen molar-refractivity contribution in [2.45, 2.75) is 39.0 Å². The Balaban J connectivity index is 1.85. The van der Waals surface area contributed by atoms with Crippen molar-refractivity contribution in [2.75, 3.05) is 6.54 Å². The number of rotatable bonds is 7. The summed E-state index contributed by atoms with van der Waals surface area (Å²) in [7, 11) is 0. The highest BCUT2D eigenvalue weighted by Gasteiger charge is 2.33. The maximum absolute atomic E-state index is 12.1. The second-order valence-electron chi connectivity index (χ2n) is 5.09. The first kappa shape index (κ1) is 14.5. The normalized spacial score (nSPS) is 14.3. The van der Waals surface area contributed by atoms with E-state index in [9.17, 15) is 9.59 Å². The Morgan fingerprint density at radius 2 is 1.60 bits per heavy atom. The van der Waals surface area contributed by atoms with Crippen molar-refractivity contribution in [3.63, 3.8) is 0 Å². The van der Waals surface area contributed by atoms with Crippen LogP contribution in [0.1, 0.15) is 59.7 Å². The first-order chi connectivity index (χ1) is 9.75. The van der Waals surface area contributed by atoms with Gasteiger partial charge in [-0.25, -0.2) is 0 Å². The largest absolute Gasteiger partial charge is 0.270 e. The Kier molecular flexibility index (Phi) is 5.10. The lowest BCUT2D eigenvalue weighted by atomic mass is 10.1. The van der Waals surface area contributed by atoms with E-state index in [1.807, 2.05) is 6.08 Å². The van der Waals surface area contributed by atoms with Crippen LogP contribution in [-0.2, 0) is 0 Å². The van der Waals surface area contributed by atoms with Gasteiger partial charge in [0.05, 0.1) is 11.1 Å². The van der Waals surface area contributed by atoms with E-state index in [-0.39, 0.29) is 11.8 Å². The van der Waals surface area contributed by atoms with Gasteiger partial charge in [0.2, 0.25) is 0 Å². The summed E-state index contributed by atoms with van der Waals surface area (Å²) in [4.78, 5) is 25.5. The van der Waals surface area contributed by atoms with E-state index in [0.29, 0.717) is 17.7 Å². The minimum Gasteiger partial charge on any atom is -0.270 e. The van der Waals surface area contributed by atoms with E-state index in [4.69, 9.17) is 0 Å². The minimum atomic E-state index is -0.179. The summed E-state index contributed by atoms with van der Waals surface area (Å²) < 4.78 is 0. The number of amides is 2. The molecule has 1 aromatic rings. The van der Waals surface area contributed by atoms with Crippen LogP contribution < -0.4 is 0 Å². The number of hydrogen-bond donors (Lipinski definition) is 0. The van der Waals surface area contributed by atoms with Gasteiger partial charge in [0, 0.05) is 6.54 Å². The quantitative estimate of drug-likeness (QED) is 0.429. The second kappa shape index (κ2) is 7.04. The molecule has 1 aromatic carbocycles. The molecular formula is C17H21NO2. The lowest BCUT2D eigenvalue weighted by Gasteiger charge is -2.10. The molecule has 2 rings (SSSR count). The molecule has 1 aliphatic heterocycles. The molecule has 0 saturated heterocycles. The topological polar surface area (TPSA) is 37.4 Å². The van der Waals surface area contributed by atoms with Crippen molar-refractivity contribution in [1.29, 1.82) is 0 Å². The lowest BCUT2D eigenvalue weighted by molar-refractivity contribution is 0.0672. The van der Waals surface area contributed by atoms with Crippen molar-refractivity contribution < 1.29 is 9.59 Å². The van der Waals surface area contributed by atoms with E-state index >= 15 is 0 Å². The molecule has 0 saturated carbocycles. The van der Waals surface area contributed by atoms with Crippen molar-refractivity contribution in [1.82, 2.24) is 4.90 Å². The molecule has 0 fully saturated rings. The van der Waals surface area contributed by atoms with Crippen molar-refractivity contribution >= 4 is 11.8 Å². The maximum Gasteiger partial charge on any atom is 0.261 e. The lowest BCUT2D eigenvalue weighted by Crippen LogP contribution is -2.29. The fraction of sp³-hybridized carbons (Fsp3) is 0.412. The average Bonchev–Trinajstić information content (AvgIpc) is 2.71. The van der Waals surface area contributed by atoms with Gasteiger partial charge in [-0.15, -0.1) is 0 Å². The average molecular weight is 271 g/mol. The molecule has 1 aliphatic rings. The maximum atomic E-state index is 12.1. The fourth-order valence-electron chi connectivity index (χ4n) is 2.39. The van der Waals surface area contributed by atoms with Crippen LogP contribution in [0.2, 0.25) is 0 Å². The molecule has 3 nitrogen and oxygen atoms in total. The fourth-order valence-corrected chi connectivity index (χ4v) is 2.39. The third kappa shape index (κ3) is 3.16. The Morgan fingerprint density at radius 3 is 2.20 bits per heavy atom. The highest BCUT2D eigenvalue weighted by molar-refractivity contribution is 6.21. The molecule has 3 heteroatoms.